The number of imide groups is 1. The third kappa shape index (κ3) is 4.67. The Labute approximate surface area is 180 Å². The topological polar surface area (TPSA) is 134 Å². The molecule has 3 amide bonds. The molecule has 1 aromatic heterocycles. The first-order valence-electron chi connectivity index (χ1n) is 8.64. The van der Waals surface area contributed by atoms with Gasteiger partial charge in [-0.05, 0) is 35.9 Å². The normalized spacial score (nSPS) is 15.4. The van der Waals surface area contributed by atoms with Crippen LogP contribution < -0.4 is 9.62 Å². The van der Waals surface area contributed by atoms with Crippen molar-refractivity contribution in [2.45, 2.75) is 16.9 Å². The minimum atomic E-state index is -5.58. The van der Waals surface area contributed by atoms with E-state index in [4.69, 9.17) is 0 Å². The zero-order valence-electron chi connectivity index (χ0n) is 16.2. The summed E-state index contributed by atoms with van der Waals surface area (Å²) in [7, 11) is -9.21. The smallest absolute Gasteiger partial charge is 0.310 e. The monoisotopic (exact) mass is 492 g/mol. The number of sulfonamides is 1. The summed E-state index contributed by atoms with van der Waals surface area (Å²) in [6, 6.07) is 3.77. The lowest BCUT2D eigenvalue weighted by Crippen LogP contribution is -2.33. The lowest BCUT2D eigenvalue weighted by molar-refractivity contribution is -0.116. The first-order chi connectivity index (χ1) is 14.7. The lowest BCUT2D eigenvalue weighted by Gasteiger charge is -2.19. The molecule has 1 saturated heterocycles. The van der Waals surface area contributed by atoms with Gasteiger partial charge in [-0.25, -0.2) is 26.5 Å². The summed E-state index contributed by atoms with van der Waals surface area (Å²) in [6.07, 6.45) is 3.53. The summed E-state index contributed by atoms with van der Waals surface area (Å²) in [5.74, 6) is -0.701. The molecular weight excluding hydrogens is 477 g/mol. The molecule has 1 aromatic carbocycles. The minimum Gasteiger partial charge on any atom is -0.310 e. The Morgan fingerprint density at radius 2 is 1.69 bits per heavy atom. The summed E-state index contributed by atoms with van der Waals surface area (Å²) in [5, 5.41) is 0. The number of nitrogens with zero attached hydrogens (tertiary/aromatic N) is 3. The van der Waals surface area contributed by atoms with Crippen molar-refractivity contribution < 1.29 is 39.6 Å². The fourth-order valence-electron chi connectivity index (χ4n) is 2.89. The van der Waals surface area contributed by atoms with Crippen molar-refractivity contribution >= 4 is 43.2 Å². The average Bonchev–Trinajstić information content (AvgIpc) is 2.94. The van der Waals surface area contributed by atoms with E-state index in [1.54, 1.807) is 0 Å². The molecule has 1 aliphatic rings. The molecule has 0 saturated carbocycles. The summed E-state index contributed by atoms with van der Waals surface area (Å²) >= 11 is 0. The second-order valence-electron chi connectivity index (χ2n) is 6.72. The summed E-state index contributed by atoms with van der Waals surface area (Å²) in [5.41, 5.74) is -5.16. The van der Waals surface area contributed by atoms with Gasteiger partial charge in [0.1, 0.15) is 6.54 Å². The van der Waals surface area contributed by atoms with Gasteiger partial charge in [0.25, 0.3) is 15.7 Å². The van der Waals surface area contributed by atoms with Gasteiger partial charge in [0.2, 0.25) is 10.0 Å². The molecule has 1 aliphatic heterocycles. The van der Waals surface area contributed by atoms with Crippen molar-refractivity contribution in [2.75, 3.05) is 22.4 Å². The zero-order chi connectivity index (χ0) is 23.9. The number of hydrogen-bond donors (Lipinski definition) is 1. The number of anilines is 2. The second kappa shape index (κ2) is 8.05. The van der Waals surface area contributed by atoms with Gasteiger partial charge in [0.15, 0.2) is 0 Å². The van der Waals surface area contributed by atoms with Gasteiger partial charge in [-0.2, -0.15) is 13.2 Å². The van der Waals surface area contributed by atoms with Crippen LogP contribution in [0.4, 0.5) is 29.3 Å². The third-order valence-electron chi connectivity index (χ3n) is 4.32. The van der Waals surface area contributed by atoms with E-state index in [1.165, 1.54) is 18.5 Å². The Morgan fingerprint density at radius 1 is 1.06 bits per heavy atom. The van der Waals surface area contributed by atoms with Crippen LogP contribution >= 0.6 is 0 Å². The van der Waals surface area contributed by atoms with Gasteiger partial charge >= 0.3 is 11.5 Å². The van der Waals surface area contributed by atoms with Crippen LogP contribution in [0.2, 0.25) is 0 Å². The summed E-state index contributed by atoms with van der Waals surface area (Å²) in [4.78, 5) is 29.7. The van der Waals surface area contributed by atoms with E-state index in [-0.39, 0.29) is 24.5 Å². The molecule has 0 aliphatic carbocycles. The highest BCUT2D eigenvalue weighted by Gasteiger charge is 2.47. The molecule has 1 N–H and O–H groups in total. The highest BCUT2D eigenvalue weighted by atomic mass is 32.2. The number of amides is 3. The van der Waals surface area contributed by atoms with E-state index in [2.05, 4.69) is 9.71 Å². The highest BCUT2D eigenvalue weighted by Crippen LogP contribution is 2.32. The molecule has 15 heteroatoms. The number of aromatic nitrogens is 1. The third-order valence-corrected chi connectivity index (χ3v) is 6.41. The molecule has 10 nitrogen and oxygen atoms in total. The molecule has 2 heterocycles. The van der Waals surface area contributed by atoms with Crippen molar-refractivity contribution in [1.29, 1.82) is 0 Å². The fraction of sp³-hybridized carbons (Fsp3) is 0.235. The van der Waals surface area contributed by atoms with Gasteiger partial charge < -0.3 is 4.90 Å². The van der Waals surface area contributed by atoms with E-state index >= 15 is 0 Å². The number of hydrogen-bond acceptors (Lipinski definition) is 7. The van der Waals surface area contributed by atoms with Crippen molar-refractivity contribution in [3.63, 3.8) is 0 Å². The number of carbonyl (C=O) groups is 2. The highest BCUT2D eigenvalue weighted by molar-refractivity contribution is 7.92. The van der Waals surface area contributed by atoms with Gasteiger partial charge in [-0.15, -0.1) is 0 Å². The van der Waals surface area contributed by atoms with E-state index in [1.807, 2.05) is 0 Å². The number of halogens is 3. The van der Waals surface area contributed by atoms with Crippen molar-refractivity contribution in [3.8, 4) is 0 Å². The van der Waals surface area contributed by atoms with Crippen LogP contribution in [0.15, 0.2) is 47.6 Å². The van der Waals surface area contributed by atoms with E-state index in [0.717, 1.165) is 23.3 Å². The summed E-state index contributed by atoms with van der Waals surface area (Å²) in [6.45, 7) is -0.552. The maximum atomic E-state index is 12.7. The van der Waals surface area contributed by atoms with Crippen LogP contribution in [0.3, 0.4) is 0 Å². The van der Waals surface area contributed by atoms with Crippen LogP contribution in [-0.2, 0) is 31.2 Å². The Hall–Kier alpha value is -3.20. The average molecular weight is 492 g/mol. The number of carbonyl (C=O) groups excluding carboxylic acids is 2. The van der Waals surface area contributed by atoms with Crippen LogP contribution in [0.5, 0.6) is 0 Å². The van der Waals surface area contributed by atoms with E-state index in [9.17, 15) is 39.6 Å². The van der Waals surface area contributed by atoms with Gasteiger partial charge in [0, 0.05) is 6.20 Å². The molecule has 0 radical (unpaired) electrons. The molecule has 0 unspecified atom stereocenters. The van der Waals surface area contributed by atoms with Crippen LogP contribution in [0.25, 0.3) is 0 Å². The van der Waals surface area contributed by atoms with Gasteiger partial charge in [-0.3, -0.25) is 14.5 Å². The van der Waals surface area contributed by atoms with Gasteiger partial charge in [0.05, 0.1) is 35.3 Å². The molecule has 0 bridgehead atoms. The van der Waals surface area contributed by atoms with Crippen molar-refractivity contribution in [3.05, 3.63) is 48.3 Å². The standard InChI is InChI=1S/C17H15F3N4O6S2/c1-31(27,28)22-14-8-21-7-6-11(14)9-23-10-15(25)24(16(23)26)12-2-4-13(5-3-12)32(29,30)17(18,19)20/h2-8,22H,9-10H2,1H3. The lowest BCUT2D eigenvalue weighted by atomic mass is 10.2. The molecule has 0 atom stereocenters. The predicted molar refractivity (Wildman–Crippen MR) is 106 cm³/mol. The Balaban J connectivity index is 1.84. The maximum Gasteiger partial charge on any atom is 0.501 e. The largest absolute Gasteiger partial charge is 0.501 e. The number of nitrogens with one attached hydrogen (secondary N) is 1. The molecular formula is C17H15F3N4O6S2. The number of sulfone groups is 1. The molecule has 3 rings (SSSR count). The summed E-state index contributed by atoms with van der Waals surface area (Å²) < 4.78 is 86.2. The first kappa shape index (κ1) is 23.5. The van der Waals surface area contributed by atoms with E-state index < -0.39 is 42.2 Å². The Kier molecular flexibility index (Phi) is 5.90. The number of rotatable bonds is 6. The minimum absolute atomic E-state index is 0.107. The Morgan fingerprint density at radius 3 is 2.25 bits per heavy atom. The van der Waals surface area contributed by atoms with Crippen LogP contribution in [0, 0.1) is 0 Å². The number of benzene rings is 1. The molecule has 0 spiro atoms. The first-order valence-corrected chi connectivity index (χ1v) is 12.0. The van der Waals surface area contributed by atoms with Crippen LogP contribution in [0.1, 0.15) is 5.56 Å². The Bertz CT molecular complexity index is 1280. The molecule has 172 valence electrons. The number of urea groups is 1. The molecule has 32 heavy (non-hydrogen) atoms. The van der Waals surface area contributed by atoms with E-state index in [0.29, 0.717) is 22.6 Å². The second-order valence-corrected chi connectivity index (χ2v) is 10.4. The van der Waals surface area contributed by atoms with Gasteiger partial charge in [-0.1, -0.05) is 0 Å². The quantitative estimate of drug-likeness (QED) is 0.607. The van der Waals surface area contributed by atoms with Crippen molar-refractivity contribution in [2.24, 2.45) is 0 Å². The fourth-order valence-corrected chi connectivity index (χ4v) is 4.24. The van der Waals surface area contributed by atoms with Crippen LogP contribution in [-0.4, -0.2) is 57.0 Å². The molecule has 1 fully saturated rings. The predicted octanol–water partition coefficient (Wildman–Crippen LogP) is 1.72. The van der Waals surface area contributed by atoms with Crippen molar-refractivity contribution in [1.82, 2.24) is 9.88 Å². The number of pyridine rings is 1. The SMILES string of the molecule is CS(=O)(=O)Nc1cnccc1CN1CC(=O)N(c2ccc(S(=O)(=O)C(F)(F)F)cc2)C1=O. The maximum absolute atomic E-state index is 12.7. The zero-order valence-corrected chi connectivity index (χ0v) is 17.8. The molecule has 2 aromatic rings. The number of alkyl halides is 3.